The van der Waals surface area contributed by atoms with Crippen molar-refractivity contribution in [2.75, 3.05) is 6.61 Å². The number of rotatable bonds is 3. The van der Waals surface area contributed by atoms with Crippen molar-refractivity contribution in [1.29, 1.82) is 0 Å². The van der Waals surface area contributed by atoms with Gasteiger partial charge in [0.2, 0.25) is 0 Å². The third kappa shape index (κ3) is 2.94. The second kappa shape index (κ2) is 6.48. The average Bonchev–Trinajstić information content (AvgIpc) is 2.53. The number of allylic oxidation sites excluding steroid dienone is 1. The highest BCUT2D eigenvalue weighted by Crippen LogP contribution is 2.50. The van der Waals surface area contributed by atoms with Gasteiger partial charge in [0.15, 0.2) is 0 Å². The molecule has 1 fully saturated rings. The first-order valence-corrected chi connectivity index (χ1v) is 8.62. The molecular formula is C20H26O3. The van der Waals surface area contributed by atoms with Crippen molar-refractivity contribution in [3.8, 4) is 5.75 Å². The van der Waals surface area contributed by atoms with Crippen molar-refractivity contribution in [2.24, 2.45) is 23.7 Å². The summed E-state index contributed by atoms with van der Waals surface area (Å²) >= 11 is 0. The monoisotopic (exact) mass is 314 g/mol. The number of para-hydroxylation sites is 1. The van der Waals surface area contributed by atoms with Crippen molar-refractivity contribution < 1.29 is 14.3 Å². The third-order valence-corrected chi connectivity index (χ3v) is 5.50. The topological polar surface area (TPSA) is 35.5 Å². The molecule has 3 heteroatoms. The Morgan fingerprint density at radius 2 is 2.04 bits per heavy atom. The summed E-state index contributed by atoms with van der Waals surface area (Å²) in [6.45, 7) is 9.39. The van der Waals surface area contributed by atoms with E-state index in [9.17, 15) is 4.79 Å². The zero-order valence-corrected chi connectivity index (χ0v) is 14.4. The average molecular weight is 314 g/mol. The minimum atomic E-state index is -0.205. The van der Waals surface area contributed by atoms with Gasteiger partial charge in [-0.15, -0.1) is 0 Å². The summed E-state index contributed by atoms with van der Waals surface area (Å²) in [5.41, 5.74) is 2.38. The number of hydrogen-bond donors (Lipinski definition) is 0. The fourth-order valence-electron chi connectivity index (χ4n) is 4.23. The van der Waals surface area contributed by atoms with E-state index >= 15 is 0 Å². The molecule has 0 saturated carbocycles. The van der Waals surface area contributed by atoms with Crippen molar-refractivity contribution in [3.63, 3.8) is 0 Å². The zero-order chi connectivity index (χ0) is 16.6. The molecule has 3 rings (SSSR count). The maximum absolute atomic E-state index is 11.7. The van der Waals surface area contributed by atoms with Crippen molar-refractivity contribution in [1.82, 2.24) is 0 Å². The van der Waals surface area contributed by atoms with Crippen molar-refractivity contribution in [2.45, 2.75) is 40.2 Å². The Labute approximate surface area is 138 Å². The van der Waals surface area contributed by atoms with E-state index in [1.807, 2.05) is 31.2 Å². The second-order valence-corrected chi connectivity index (χ2v) is 6.94. The molecular weight excluding hydrogens is 288 g/mol. The molecule has 5 atom stereocenters. The van der Waals surface area contributed by atoms with Gasteiger partial charge in [-0.3, -0.25) is 4.79 Å². The van der Waals surface area contributed by atoms with Crippen molar-refractivity contribution in [3.05, 3.63) is 41.5 Å². The summed E-state index contributed by atoms with van der Waals surface area (Å²) in [6, 6.07) is 7.79. The lowest BCUT2D eigenvalue weighted by molar-refractivity contribution is -0.134. The lowest BCUT2D eigenvalue weighted by atomic mass is 9.64. The van der Waals surface area contributed by atoms with Gasteiger partial charge in [0.05, 0.1) is 12.7 Å². The Hall–Kier alpha value is -1.61. The summed E-state index contributed by atoms with van der Waals surface area (Å²) in [6.07, 6.45) is 2.73. The number of esters is 1. The fourth-order valence-corrected chi connectivity index (χ4v) is 4.23. The molecule has 0 unspecified atom stereocenters. The number of fused-ring (bicyclic) bond motifs is 2. The maximum Gasteiger partial charge on any atom is 0.310 e. The molecule has 2 bridgehead atoms. The van der Waals surface area contributed by atoms with E-state index in [-0.39, 0.29) is 12.1 Å². The van der Waals surface area contributed by atoms with Gasteiger partial charge >= 0.3 is 5.97 Å². The Balaban J connectivity index is 1.96. The summed E-state index contributed by atoms with van der Waals surface area (Å²) in [5.74, 6) is 2.50. The zero-order valence-electron chi connectivity index (χ0n) is 14.4. The van der Waals surface area contributed by atoms with Crippen LogP contribution in [0.15, 0.2) is 35.9 Å². The predicted octanol–water partition coefficient (Wildman–Crippen LogP) is 4.54. The minimum absolute atomic E-state index is 0.0362. The van der Waals surface area contributed by atoms with Crippen molar-refractivity contribution >= 4 is 5.97 Å². The summed E-state index contributed by atoms with van der Waals surface area (Å²) in [4.78, 5) is 11.7. The molecule has 1 heterocycles. The van der Waals surface area contributed by atoms with E-state index in [1.54, 1.807) is 0 Å². The molecule has 1 aliphatic carbocycles. The smallest absolute Gasteiger partial charge is 0.310 e. The van der Waals surface area contributed by atoms with E-state index in [4.69, 9.17) is 9.47 Å². The Morgan fingerprint density at radius 1 is 1.30 bits per heavy atom. The van der Waals surface area contributed by atoms with Crippen LogP contribution >= 0.6 is 0 Å². The molecule has 1 aliphatic heterocycles. The fraction of sp³-hybridized carbons (Fsp3) is 0.550. The molecule has 0 aromatic heterocycles. The molecule has 3 nitrogen and oxygen atoms in total. The van der Waals surface area contributed by atoms with Gasteiger partial charge in [-0.25, -0.2) is 0 Å². The number of hydrogen-bond acceptors (Lipinski definition) is 3. The first-order valence-electron chi connectivity index (χ1n) is 8.62. The van der Waals surface area contributed by atoms with Crippen LogP contribution in [0.3, 0.4) is 0 Å². The lowest BCUT2D eigenvalue weighted by Crippen LogP contribution is -2.42. The molecule has 1 aromatic carbocycles. The maximum atomic E-state index is 11.7. The highest BCUT2D eigenvalue weighted by atomic mass is 16.5. The molecule has 2 aliphatic rings. The molecule has 0 spiro atoms. The van der Waals surface area contributed by atoms with E-state index in [2.05, 4.69) is 26.8 Å². The van der Waals surface area contributed by atoms with Crippen LogP contribution in [-0.2, 0) is 9.53 Å². The summed E-state index contributed by atoms with van der Waals surface area (Å²) in [5, 5.41) is 0. The van der Waals surface area contributed by atoms with Gasteiger partial charge in [0, 0.05) is 17.9 Å². The van der Waals surface area contributed by atoms with Crippen LogP contribution in [0.2, 0.25) is 0 Å². The lowest BCUT2D eigenvalue weighted by Gasteiger charge is -2.47. The molecule has 124 valence electrons. The SMILES string of the molecule is CCC(=O)Oc1ccccc1[C@@H]1OC[C@@H]2[C@H](C)[C@H]1C(C)=C[C@H]2C. The number of carbonyl (C=O) groups excluding carboxylic acids is 1. The highest BCUT2D eigenvalue weighted by Gasteiger charge is 2.44. The molecule has 0 N–H and O–H groups in total. The van der Waals surface area contributed by atoms with E-state index in [0.29, 0.717) is 35.8 Å². The van der Waals surface area contributed by atoms with Crippen LogP contribution in [0.4, 0.5) is 0 Å². The molecule has 0 amide bonds. The van der Waals surface area contributed by atoms with Gasteiger partial charge < -0.3 is 9.47 Å². The van der Waals surface area contributed by atoms with E-state index in [0.717, 1.165) is 12.2 Å². The predicted molar refractivity (Wildman–Crippen MR) is 90.1 cm³/mol. The van der Waals surface area contributed by atoms with Crippen LogP contribution in [0.5, 0.6) is 5.75 Å². The number of ether oxygens (including phenoxy) is 2. The summed E-state index contributed by atoms with van der Waals surface area (Å²) in [7, 11) is 0. The Kier molecular flexibility index (Phi) is 4.58. The number of carbonyl (C=O) groups is 1. The Bertz CT molecular complexity index is 619. The standard InChI is InChI=1S/C20H26O3/c1-5-18(21)23-17-9-7-6-8-15(17)20-19-13(3)10-12(2)16(11-22-20)14(19)4/h6-10,12,14,16,19-20H,5,11H2,1-4H3/t12-,14+,16+,19-,20+/m1/s1. The van der Waals surface area contributed by atoms with Crippen LogP contribution in [0.1, 0.15) is 45.8 Å². The van der Waals surface area contributed by atoms with Gasteiger partial charge in [0.25, 0.3) is 0 Å². The minimum Gasteiger partial charge on any atom is -0.426 e. The van der Waals surface area contributed by atoms with Crippen LogP contribution in [0, 0.1) is 23.7 Å². The highest BCUT2D eigenvalue weighted by molar-refractivity contribution is 5.72. The second-order valence-electron chi connectivity index (χ2n) is 6.94. The third-order valence-electron chi connectivity index (χ3n) is 5.50. The normalized spacial score (nSPS) is 33.0. The van der Waals surface area contributed by atoms with Gasteiger partial charge in [-0.1, -0.05) is 50.6 Å². The van der Waals surface area contributed by atoms with Gasteiger partial charge in [-0.05, 0) is 30.7 Å². The van der Waals surface area contributed by atoms with Crippen LogP contribution < -0.4 is 4.74 Å². The van der Waals surface area contributed by atoms with Crippen LogP contribution in [0.25, 0.3) is 0 Å². The first-order chi connectivity index (χ1) is 11.0. The summed E-state index contributed by atoms with van der Waals surface area (Å²) < 4.78 is 11.8. The van der Waals surface area contributed by atoms with E-state index in [1.165, 1.54) is 5.57 Å². The molecule has 1 saturated heterocycles. The first kappa shape index (κ1) is 16.3. The van der Waals surface area contributed by atoms with Gasteiger partial charge in [0.1, 0.15) is 5.75 Å². The largest absolute Gasteiger partial charge is 0.426 e. The molecule has 1 aromatic rings. The van der Waals surface area contributed by atoms with E-state index < -0.39 is 0 Å². The van der Waals surface area contributed by atoms with Gasteiger partial charge in [-0.2, -0.15) is 0 Å². The number of benzene rings is 1. The molecule has 23 heavy (non-hydrogen) atoms. The molecule has 0 radical (unpaired) electrons. The Morgan fingerprint density at radius 3 is 2.78 bits per heavy atom. The van der Waals surface area contributed by atoms with Crippen LogP contribution in [-0.4, -0.2) is 12.6 Å². The quantitative estimate of drug-likeness (QED) is 0.467.